The van der Waals surface area contributed by atoms with E-state index >= 15 is 0 Å². The summed E-state index contributed by atoms with van der Waals surface area (Å²) < 4.78 is 6.11. The number of phenolic OH excluding ortho intramolecular Hbond substituents is 1. The molecule has 0 amide bonds. The molecule has 0 saturated carbocycles. The molecule has 3 aromatic carbocycles. The van der Waals surface area contributed by atoms with Gasteiger partial charge in [-0.1, -0.05) is 64.1 Å². The second kappa shape index (κ2) is 8.51. The minimum absolute atomic E-state index is 0.198. The van der Waals surface area contributed by atoms with Crippen LogP contribution >= 0.6 is 0 Å². The van der Waals surface area contributed by atoms with Crippen LogP contribution in [0.3, 0.4) is 0 Å². The van der Waals surface area contributed by atoms with Gasteiger partial charge in [0.05, 0.1) is 11.1 Å². The highest BCUT2D eigenvalue weighted by molar-refractivity contribution is 6.01. The van der Waals surface area contributed by atoms with Gasteiger partial charge in [-0.15, -0.1) is 0 Å². The summed E-state index contributed by atoms with van der Waals surface area (Å²) in [5.74, 6) is 1.61. The monoisotopic (exact) mass is 403 g/mol. The third-order valence-electron chi connectivity index (χ3n) is 5.10. The molecule has 0 radical (unpaired) electrons. The number of para-hydroxylation sites is 1. The highest BCUT2D eigenvalue weighted by Gasteiger charge is 2.17. The Hall–Kier alpha value is -2.81. The normalized spacial score (nSPS) is 12.4. The lowest BCUT2D eigenvalue weighted by molar-refractivity contribution is 0.133. The predicted molar refractivity (Wildman–Crippen MR) is 128 cm³/mol. The molecule has 0 aromatic heterocycles. The molecule has 3 nitrogen and oxygen atoms in total. The average molecular weight is 404 g/mol. The molecule has 3 rings (SSSR count). The van der Waals surface area contributed by atoms with E-state index in [0.29, 0.717) is 23.1 Å². The minimum atomic E-state index is -0.354. The topological polar surface area (TPSA) is 41.8 Å². The van der Waals surface area contributed by atoms with Crippen molar-refractivity contribution in [2.24, 2.45) is 4.99 Å². The van der Waals surface area contributed by atoms with Gasteiger partial charge in [0.1, 0.15) is 17.1 Å². The quantitative estimate of drug-likeness (QED) is 0.443. The Bertz CT molecular complexity index is 1050. The molecular formula is C27H33NO2. The molecule has 0 heterocycles. The van der Waals surface area contributed by atoms with E-state index in [0.717, 1.165) is 16.5 Å². The fourth-order valence-corrected chi connectivity index (χ4v) is 3.66. The molecule has 3 heteroatoms. The molecule has 3 aromatic rings. The summed E-state index contributed by atoms with van der Waals surface area (Å²) in [6.45, 7) is 14.7. The van der Waals surface area contributed by atoms with Gasteiger partial charge in [-0.05, 0) is 61.3 Å². The van der Waals surface area contributed by atoms with Crippen molar-refractivity contribution in [3.05, 3.63) is 65.2 Å². The van der Waals surface area contributed by atoms with Crippen LogP contribution in [0.4, 0.5) is 5.69 Å². The Morgan fingerprint density at radius 1 is 0.867 bits per heavy atom. The molecule has 0 spiro atoms. The van der Waals surface area contributed by atoms with Crippen LogP contribution in [0.15, 0.2) is 53.5 Å². The largest absolute Gasteiger partial charge is 0.506 e. The highest BCUT2D eigenvalue weighted by Crippen LogP contribution is 2.38. The Morgan fingerprint density at radius 3 is 2.03 bits per heavy atom. The van der Waals surface area contributed by atoms with Crippen molar-refractivity contribution in [2.45, 2.75) is 65.9 Å². The van der Waals surface area contributed by atoms with Crippen molar-refractivity contribution >= 4 is 22.7 Å². The number of aromatic hydroxyl groups is 1. The number of aliphatic imine (C=N–C) groups is 1. The van der Waals surface area contributed by atoms with Gasteiger partial charge in [0.15, 0.2) is 0 Å². The average Bonchev–Trinajstić information content (AvgIpc) is 2.65. The van der Waals surface area contributed by atoms with Crippen LogP contribution in [-0.2, 0) is 0 Å². The van der Waals surface area contributed by atoms with Gasteiger partial charge in [-0.25, -0.2) is 0 Å². The summed E-state index contributed by atoms with van der Waals surface area (Å²) in [4.78, 5) is 4.86. The summed E-state index contributed by atoms with van der Waals surface area (Å²) in [5.41, 5.74) is 3.76. The molecule has 0 aliphatic heterocycles. The van der Waals surface area contributed by atoms with Gasteiger partial charge in [0, 0.05) is 11.8 Å². The maximum atomic E-state index is 11.1. The van der Waals surface area contributed by atoms with E-state index in [2.05, 4.69) is 45.9 Å². The fourth-order valence-electron chi connectivity index (χ4n) is 3.66. The van der Waals surface area contributed by atoms with Crippen LogP contribution < -0.4 is 4.74 Å². The molecule has 158 valence electrons. The van der Waals surface area contributed by atoms with Crippen molar-refractivity contribution < 1.29 is 9.84 Å². The van der Waals surface area contributed by atoms with Crippen molar-refractivity contribution in [1.82, 2.24) is 0 Å². The summed E-state index contributed by atoms with van der Waals surface area (Å²) in [6, 6.07) is 16.1. The smallest absolute Gasteiger partial charge is 0.135 e. The minimum Gasteiger partial charge on any atom is -0.506 e. The third-order valence-corrected chi connectivity index (χ3v) is 5.10. The molecule has 0 aliphatic carbocycles. The summed E-state index contributed by atoms with van der Waals surface area (Å²) in [7, 11) is 0. The number of phenols is 1. The maximum Gasteiger partial charge on any atom is 0.135 e. The van der Waals surface area contributed by atoms with E-state index in [4.69, 9.17) is 9.73 Å². The Morgan fingerprint density at radius 2 is 1.47 bits per heavy atom. The lowest BCUT2D eigenvalue weighted by atomic mass is 9.93. The van der Waals surface area contributed by atoms with Gasteiger partial charge in [-0.2, -0.15) is 0 Å². The lowest BCUT2D eigenvalue weighted by Gasteiger charge is -2.23. The molecule has 0 atom stereocenters. The molecule has 0 aliphatic rings. The van der Waals surface area contributed by atoms with Crippen LogP contribution in [0, 0.1) is 0 Å². The van der Waals surface area contributed by atoms with Crippen LogP contribution in [0.25, 0.3) is 10.8 Å². The first kappa shape index (κ1) is 21.9. The van der Waals surface area contributed by atoms with Gasteiger partial charge in [0.2, 0.25) is 0 Å². The second-order valence-electron chi connectivity index (χ2n) is 9.42. The van der Waals surface area contributed by atoms with E-state index in [-0.39, 0.29) is 11.4 Å². The first-order chi connectivity index (χ1) is 14.1. The van der Waals surface area contributed by atoms with E-state index in [1.807, 2.05) is 51.1 Å². The fraction of sp³-hybridized carbons (Fsp3) is 0.370. The number of ether oxygens (including phenoxy) is 1. The number of rotatable bonds is 5. The SMILES string of the molecule is CC(C)c1cccc(C(C)C)c1N=Cc1ccc2cccc(OC(C)(C)C)c2c1O. The van der Waals surface area contributed by atoms with Crippen molar-refractivity contribution in [3.8, 4) is 11.5 Å². The van der Waals surface area contributed by atoms with Crippen molar-refractivity contribution in [3.63, 3.8) is 0 Å². The molecule has 0 unspecified atom stereocenters. The summed E-state index contributed by atoms with van der Waals surface area (Å²) in [5, 5.41) is 12.8. The number of benzene rings is 3. The lowest BCUT2D eigenvalue weighted by Crippen LogP contribution is -2.23. The number of nitrogens with zero attached hydrogens (tertiary/aromatic N) is 1. The van der Waals surface area contributed by atoms with Gasteiger partial charge in [0.25, 0.3) is 0 Å². The van der Waals surface area contributed by atoms with Crippen LogP contribution in [0.1, 0.15) is 77.0 Å². The molecule has 0 fully saturated rings. The third kappa shape index (κ3) is 4.67. The Labute approximate surface area is 180 Å². The standard InChI is InChI=1S/C27H33NO2/c1-17(2)21-11-9-12-22(18(3)4)25(21)28-16-20-15-14-19-10-8-13-23(24(19)26(20)29)30-27(5,6)7/h8-18,29H,1-7H3. The van der Waals surface area contributed by atoms with Gasteiger partial charge < -0.3 is 9.84 Å². The highest BCUT2D eigenvalue weighted by atomic mass is 16.5. The van der Waals surface area contributed by atoms with Crippen molar-refractivity contribution in [2.75, 3.05) is 0 Å². The molecule has 1 N–H and O–H groups in total. The van der Waals surface area contributed by atoms with Crippen molar-refractivity contribution in [1.29, 1.82) is 0 Å². The second-order valence-corrected chi connectivity index (χ2v) is 9.42. The number of hydrogen-bond acceptors (Lipinski definition) is 3. The zero-order valence-electron chi connectivity index (χ0n) is 19.2. The molecular weight excluding hydrogens is 370 g/mol. The molecule has 30 heavy (non-hydrogen) atoms. The van der Waals surface area contributed by atoms with E-state index in [9.17, 15) is 5.11 Å². The first-order valence-corrected chi connectivity index (χ1v) is 10.7. The zero-order valence-corrected chi connectivity index (χ0v) is 19.2. The van der Waals surface area contributed by atoms with Gasteiger partial charge in [-0.3, -0.25) is 4.99 Å². The van der Waals surface area contributed by atoms with Crippen LogP contribution in [0.5, 0.6) is 11.5 Å². The summed E-state index contributed by atoms with van der Waals surface area (Å²) >= 11 is 0. The van der Waals surface area contributed by atoms with Crippen LogP contribution in [-0.4, -0.2) is 16.9 Å². The maximum absolute atomic E-state index is 11.1. The van der Waals surface area contributed by atoms with E-state index in [1.54, 1.807) is 6.21 Å². The van der Waals surface area contributed by atoms with E-state index in [1.165, 1.54) is 11.1 Å². The Kier molecular flexibility index (Phi) is 6.21. The molecule has 0 bridgehead atoms. The van der Waals surface area contributed by atoms with E-state index < -0.39 is 0 Å². The zero-order chi connectivity index (χ0) is 22.1. The first-order valence-electron chi connectivity index (χ1n) is 10.7. The van der Waals surface area contributed by atoms with Gasteiger partial charge >= 0.3 is 0 Å². The summed E-state index contributed by atoms with van der Waals surface area (Å²) in [6.07, 6.45) is 1.77. The predicted octanol–water partition coefficient (Wildman–Crippen LogP) is 7.72. The Balaban J connectivity index is 2.13. The molecule has 0 saturated heterocycles. The number of hydrogen-bond donors (Lipinski definition) is 1. The number of fused-ring (bicyclic) bond motifs is 1. The van der Waals surface area contributed by atoms with Crippen LogP contribution in [0.2, 0.25) is 0 Å².